The second kappa shape index (κ2) is 6.11. The summed E-state index contributed by atoms with van der Waals surface area (Å²) in [5.41, 5.74) is 0.178. The molecule has 1 N–H and O–H groups in total. The fourth-order valence-corrected chi connectivity index (χ4v) is 4.17. The lowest BCUT2D eigenvalue weighted by Gasteiger charge is -2.22. The van der Waals surface area contributed by atoms with Gasteiger partial charge in [0.05, 0.1) is 21.3 Å². The first kappa shape index (κ1) is 16.2. The van der Waals surface area contributed by atoms with Gasteiger partial charge in [-0.2, -0.15) is 13.2 Å². The zero-order chi connectivity index (χ0) is 16.6. The summed E-state index contributed by atoms with van der Waals surface area (Å²) < 4.78 is 40.3. The summed E-state index contributed by atoms with van der Waals surface area (Å²) in [7, 11) is 1.46. The number of carbonyl (C=O) groups is 1. The molecule has 1 aliphatic carbocycles. The normalized spacial score (nSPS) is 16.7. The summed E-state index contributed by atoms with van der Waals surface area (Å²) in [5.74, 6) is -0.357. The number of hydrogen-bond acceptors (Lipinski definition) is 3. The molecule has 0 bridgehead atoms. The van der Waals surface area contributed by atoms with Crippen molar-refractivity contribution in [2.75, 3.05) is 7.05 Å². The molecule has 7 heteroatoms. The van der Waals surface area contributed by atoms with Gasteiger partial charge in [-0.3, -0.25) is 9.78 Å². The van der Waals surface area contributed by atoms with Gasteiger partial charge in [0, 0.05) is 24.0 Å². The topological polar surface area (TPSA) is 42.0 Å². The van der Waals surface area contributed by atoms with Crippen LogP contribution in [0.1, 0.15) is 59.6 Å². The largest absolute Gasteiger partial charge is 0.417 e. The van der Waals surface area contributed by atoms with Gasteiger partial charge < -0.3 is 5.32 Å². The third-order valence-corrected chi connectivity index (χ3v) is 5.35. The van der Waals surface area contributed by atoms with Crippen LogP contribution in [0, 0.1) is 0 Å². The molecule has 0 saturated heterocycles. The average Bonchev–Trinajstić information content (AvgIpc) is 2.97. The molecule has 0 unspecified atom stereocenters. The third-order valence-electron chi connectivity index (χ3n) is 4.34. The van der Waals surface area contributed by atoms with E-state index in [9.17, 15) is 18.0 Å². The van der Waals surface area contributed by atoms with E-state index in [4.69, 9.17) is 0 Å². The highest BCUT2D eigenvalue weighted by molar-refractivity contribution is 7.17. The first-order valence-corrected chi connectivity index (χ1v) is 8.51. The lowest BCUT2D eigenvalue weighted by molar-refractivity contribution is -0.136. The van der Waals surface area contributed by atoms with Crippen LogP contribution in [-0.2, 0) is 6.18 Å². The summed E-state index contributed by atoms with van der Waals surface area (Å²) in [6.07, 6.45) is 0.405. The van der Waals surface area contributed by atoms with E-state index in [1.54, 1.807) is 0 Å². The fourth-order valence-electron chi connectivity index (χ4n) is 3.14. The monoisotopic (exact) mass is 342 g/mol. The predicted octanol–water partition coefficient (Wildman–Crippen LogP) is 4.72. The van der Waals surface area contributed by atoms with E-state index >= 15 is 0 Å². The van der Waals surface area contributed by atoms with Gasteiger partial charge in [-0.1, -0.05) is 19.3 Å². The number of alkyl halides is 3. The second-order valence-corrected chi connectivity index (χ2v) is 6.71. The van der Waals surface area contributed by atoms with Gasteiger partial charge >= 0.3 is 6.18 Å². The summed E-state index contributed by atoms with van der Waals surface area (Å²) >= 11 is 0.923. The first-order valence-electron chi connectivity index (χ1n) is 7.63. The lowest BCUT2D eigenvalue weighted by Crippen LogP contribution is -2.18. The summed E-state index contributed by atoms with van der Waals surface area (Å²) in [4.78, 5) is 16.4. The molecule has 23 heavy (non-hydrogen) atoms. The van der Waals surface area contributed by atoms with Crippen LogP contribution >= 0.6 is 11.3 Å². The third kappa shape index (κ3) is 3.06. The maximum atomic E-state index is 13.4. The number of nitrogens with zero attached hydrogens (tertiary/aromatic N) is 1. The Morgan fingerprint density at radius 2 is 2.00 bits per heavy atom. The van der Waals surface area contributed by atoms with Crippen LogP contribution in [0.4, 0.5) is 13.2 Å². The molecule has 124 valence electrons. The van der Waals surface area contributed by atoms with Crippen molar-refractivity contribution in [3.63, 3.8) is 0 Å². The Morgan fingerprint density at radius 3 is 2.61 bits per heavy atom. The minimum atomic E-state index is -4.45. The number of fused-ring (bicyclic) bond motifs is 1. The molecule has 2 aromatic heterocycles. The lowest BCUT2D eigenvalue weighted by atomic mass is 9.86. The number of halogens is 3. The Balaban J connectivity index is 2.19. The molecule has 1 aliphatic rings. The summed E-state index contributed by atoms with van der Waals surface area (Å²) in [5, 5.41) is 3.92. The predicted molar refractivity (Wildman–Crippen MR) is 83.8 cm³/mol. The standard InChI is InChI=1S/C16H17F3N2OS/c1-20-15(22)10-8-23-14-11(16(17,18)19)7-12(21-13(10)14)9-5-3-2-4-6-9/h7-9H,2-6H2,1H3,(H,20,22). The quantitative estimate of drug-likeness (QED) is 0.858. The highest BCUT2D eigenvalue weighted by Gasteiger charge is 2.36. The van der Waals surface area contributed by atoms with Gasteiger partial charge in [0.25, 0.3) is 5.91 Å². The second-order valence-electron chi connectivity index (χ2n) is 5.83. The van der Waals surface area contributed by atoms with Crippen molar-refractivity contribution in [3.05, 3.63) is 28.3 Å². The molecule has 0 atom stereocenters. The average molecular weight is 342 g/mol. The van der Waals surface area contributed by atoms with Gasteiger partial charge in [0.15, 0.2) is 0 Å². The number of nitrogens with one attached hydrogen (secondary N) is 1. The molecule has 0 spiro atoms. The smallest absolute Gasteiger partial charge is 0.355 e. The highest BCUT2D eigenvalue weighted by Crippen LogP contribution is 2.41. The van der Waals surface area contributed by atoms with Crippen molar-refractivity contribution in [1.29, 1.82) is 0 Å². The van der Waals surface area contributed by atoms with Crippen molar-refractivity contribution < 1.29 is 18.0 Å². The van der Waals surface area contributed by atoms with E-state index in [-0.39, 0.29) is 21.7 Å². The molecule has 3 nitrogen and oxygen atoms in total. The number of amides is 1. The van der Waals surface area contributed by atoms with E-state index in [1.807, 2.05) is 0 Å². The van der Waals surface area contributed by atoms with Crippen LogP contribution in [0.5, 0.6) is 0 Å². The highest BCUT2D eigenvalue weighted by atomic mass is 32.1. The van der Waals surface area contributed by atoms with Gasteiger partial charge in [0.1, 0.15) is 0 Å². The summed E-state index contributed by atoms with van der Waals surface area (Å²) in [6, 6.07) is 1.18. The molecule has 0 radical (unpaired) electrons. The van der Waals surface area contributed by atoms with Crippen molar-refractivity contribution in [2.45, 2.75) is 44.2 Å². The Bertz CT molecular complexity index is 733. The van der Waals surface area contributed by atoms with Crippen LogP contribution in [0.25, 0.3) is 10.2 Å². The van der Waals surface area contributed by atoms with E-state index in [1.165, 1.54) is 18.5 Å². The Morgan fingerprint density at radius 1 is 1.30 bits per heavy atom. The van der Waals surface area contributed by atoms with Crippen molar-refractivity contribution in [1.82, 2.24) is 10.3 Å². The molecule has 2 heterocycles. The van der Waals surface area contributed by atoms with Gasteiger partial charge in [-0.25, -0.2) is 0 Å². The van der Waals surface area contributed by atoms with Gasteiger partial charge in [-0.05, 0) is 18.9 Å². The Hall–Kier alpha value is -1.63. The van der Waals surface area contributed by atoms with Crippen LogP contribution in [0.15, 0.2) is 11.4 Å². The fraction of sp³-hybridized carbons (Fsp3) is 0.500. The van der Waals surface area contributed by atoms with Crippen molar-refractivity contribution in [2.24, 2.45) is 0 Å². The van der Waals surface area contributed by atoms with Gasteiger partial charge in [0.2, 0.25) is 0 Å². The maximum absolute atomic E-state index is 13.4. The molecule has 0 aliphatic heterocycles. The number of aromatic nitrogens is 1. The van der Waals surface area contributed by atoms with Crippen LogP contribution in [0.3, 0.4) is 0 Å². The molecular weight excluding hydrogens is 325 g/mol. The molecular formula is C16H17F3N2OS. The first-order chi connectivity index (χ1) is 10.9. The minimum absolute atomic E-state index is 0.0376. The number of rotatable bonds is 2. The van der Waals surface area contributed by atoms with E-state index < -0.39 is 17.6 Å². The molecule has 1 fully saturated rings. The van der Waals surface area contributed by atoms with E-state index in [2.05, 4.69) is 10.3 Å². The van der Waals surface area contributed by atoms with Crippen molar-refractivity contribution in [3.8, 4) is 0 Å². The van der Waals surface area contributed by atoms with Crippen LogP contribution in [0.2, 0.25) is 0 Å². The molecule has 1 amide bonds. The molecule has 1 saturated carbocycles. The number of pyridine rings is 1. The van der Waals surface area contributed by atoms with E-state index in [0.29, 0.717) is 5.69 Å². The Kier molecular flexibility index (Phi) is 4.31. The number of carbonyl (C=O) groups excluding carboxylic acids is 1. The minimum Gasteiger partial charge on any atom is -0.355 e. The summed E-state index contributed by atoms with van der Waals surface area (Å²) in [6.45, 7) is 0. The number of thiophene rings is 1. The molecule has 2 aromatic rings. The zero-order valence-corrected chi connectivity index (χ0v) is 13.5. The Labute approximate surface area is 135 Å². The van der Waals surface area contributed by atoms with Gasteiger partial charge in [-0.15, -0.1) is 11.3 Å². The molecule has 3 rings (SSSR count). The van der Waals surface area contributed by atoms with Crippen LogP contribution in [-0.4, -0.2) is 17.9 Å². The van der Waals surface area contributed by atoms with Crippen LogP contribution < -0.4 is 5.32 Å². The number of hydrogen-bond donors (Lipinski definition) is 1. The molecule has 0 aromatic carbocycles. The maximum Gasteiger partial charge on any atom is 0.417 e. The van der Waals surface area contributed by atoms with Crippen molar-refractivity contribution >= 4 is 27.5 Å². The van der Waals surface area contributed by atoms with E-state index in [0.717, 1.165) is 43.4 Å². The SMILES string of the molecule is CNC(=O)c1csc2c(C(F)(F)F)cc(C3CCCCC3)nc12. The zero-order valence-electron chi connectivity index (χ0n) is 12.7.